The van der Waals surface area contributed by atoms with Crippen molar-refractivity contribution < 1.29 is 24.3 Å². The first-order valence-electron chi connectivity index (χ1n) is 17.1. The molecule has 0 spiro atoms. The first-order valence-corrected chi connectivity index (χ1v) is 17.9. The molecule has 2 aromatic rings. The number of carbonyl (C=O) groups excluding carboxylic acids is 3. The zero-order valence-corrected chi connectivity index (χ0v) is 29.2. The number of para-hydroxylation sites is 1. The molecule has 0 bridgehead atoms. The van der Waals surface area contributed by atoms with E-state index < -0.39 is 12.0 Å². The smallest absolute Gasteiger partial charge is 0.322 e. The molecule has 1 atom stereocenters. The van der Waals surface area contributed by atoms with Crippen molar-refractivity contribution >= 4 is 45.6 Å². The number of anilines is 1. The number of carbonyl (C=O) groups is 4. The van der Waals surface area contributed by atoms with Gasteiger partial charge in [0.15, 0.2) is 0 Å². The molecule has 5 amide bonds. The lowest BCUT2D eigenvalue weighted by Crippen LogP contribution is -2.59. The Kier molecular flexibility index (Phi) is 10.9. The molecule has 48 heavy (non-hydrogen) atoms. The number of benzene rings is 2. The third-order valence-corrected chi connectivity index (χ3v) is 11.3. The molecule has 0 saturated carbocycles. The summed E-state index contributed by atoms with van der Waals surface area (Å²) in [6, 6.07) is 13.2. The van der Waals surface area contributed by atoms with Crippen molar-refractivity contribution in [2.45, 2.75) is 63.7 Å². The Labute approximate surface area is 290 Å². The van der Waals surface area contributed by atoms with Gasteiger partial charge in [-0.2, -0.15) is 0 Å². The average molecular weight is 725 g/mol. The van der Waals surface area contributed by atoms with Crippen molar-refractivity contribution in [2.24, 2.45) is 0 Å². The number of hydrogen-bond acceptors (Lipinski definition) is 6. The van der Waals surface area contributed by atoms with Crippen LogP contribution in [0.5, 0.6) is 0 Å². The maximum atomic E-state index is 14.0. The third kappa shape index (κ3) is 8.12. The van der Waals surface area contributed by atoms with Crippen molar-refractivity contribution in [1.82, 2.24) is 29.8 Å². The van der Waals surface area contributed by atoms with Crippen LogP contribution >= 0.6 is 15.9 Å². The topological polar surface area (TPSA) is 129 Å². The van der Waals surface area contributed by atoms with Gasteiger partial charge in [0.2, 0.25) is 5.91 Å². The van der Waals surface area contributed by atoms with Gasteiger partial charge in [-0.15, -0.1) is 0 Å². The van der Waals surface area contributed by atoms with Crippen LogP contribution in [0.4, 0.5) is 15.3 Å². The monoisotopic (exact) mass is 723 g/mol. The number of rotatable bonds is 8. The van der Waals surface area contributed by atoms with Crippen molar-refractivity contribution in [3.05, 3.63) is 63.6 Å². The number of fused-ring (bicyclic) bond motifs is 1. The number of aliphatic carboxylic acids is 1. The Hall–Kier alpha value is -3.68. The SMILES string of the molecule is Cc1cc(CC(NC(=O)N2CCC(N3Cc4ccccc4NC3=O)CC2)C(=O)N2CCN(C3CCN(CC(=O)O)CC3)CC2)ccc1Br. The molecule has 4 heterocycles. The number of likely N-dealkylation sites (tertiary alicyclic amines) is 2. The van der Waals surface area contributed by atoms with Crippen LogP contribution in [0.2, 0.25) is 0 Å². The number of amides is 5. The van der Waals surface area contributed by atoms with Gasteiger partial charge in [0, 0.05) is 87.6 Å². The number of urea groups is 2. The Morgan fingerprint density at radius 2 is 1.60 bits per heavy atom. The zero-order chi connectivity index (χ0) is 33.8. The van der Waals surface area contributed by atoms with Crippen LogP contribution in [0, 0.1) is 6.92 Å². The highest BCUT2D eigenvalue weighted by atomic mass is 79.9. The molecule has 4 aliphatic rings. The minimum atomic E-state index is -0.789. The van der Waals surface area contributed by atoms with Crippen molar-refractivity contribution in [3.63, 3.8) is 0 Å². The highest BCUT2D eigenvalue weighted by Gasteiger charge is 2.36. The van der Waals surface area contributed by atoms with Crippen LogP contribution in [0.1, 0.15) is 42.4 Å². The second kappa shape index (κ2) is 15.3. The van der Waals surface area contributed by atoms with Crippen LogP contribution in [0.15, 0.2) is 46.9 Å². The molecule has 12 nitrogen and oxygen atoms in total. The summed E-state index contributed by atoms with van der Waals surface area (Å²) in [6.45, 7) is 7.90. The molecular formula is C35H46BrN7O5. The largest absolute Gasteiger partial charge is 0.480 e. The lowest BCUT2D eigenvalue weighted by Gasteiger charge is -2.43. The summed E-state index contributed by atoms with van der Waals surface area (Å²) in [7, 11) is 0. The number of piperazine rings is 1. The van der Waals surface area contributed by atoms with Gasteiger partial charge >= 0.3 is 18.0 Å². The van der Waals surface area contributed by atoms with E-state index in [-0.39, 0.29) is 30.6 Å². The molecule has 2 aromatic carbocycles. The number of piperidine rings is 2. The average Bonchev–Trinajstić information content (AvgIpc) is 3.09. The maximum Gasteiger partial charge on any atom is 0.322 e. The molecule has 3 fully saturated rings. The second-order valence-electron chi connectivity index (χ2n) is 13.5. The van der Waals surface area contributed by atoms with E-state index in [4.69, 9.17) is 5.11 Å². The highest BCUT2D eigenvalue weighted by molar-refractivity contribution is 9.10. The van der Waals surface area contributed by atoms with Crippen LogP contribution in [-0.4, -0.2) is 131 Å². The Balaban J connectivity index is 1.05. The van der Waals surface area contributed by atoms with E-state index in [1.54, 1.807) is 4.90 Å². The fourth-order valence-corrected chi connectivity index (χ4v) is 7.82. The van der Waals surface area contributed by atoms with Crippen LogP contribution < -0.4 is 10.6 Å². The van der Waals surface area contributed by atoms with E-state index in [0.717, 1.165) is 65.9 Å². The van der Waals surface area contributed by atoms with Crippen LogP contribution in [0.25, 0.3) is 0 Å². The summed E-state index contributed by atoms with van der Waals surface area (Å²) >= 11 is 3.56. The van der Waals surface area contributed by atoms with Gasteiger partial charge in [0.1, 0.15) is 6.04 Å². The van der Waals surface area contributed by atoms with E-state index in [0.29, 0.717) is 58.0 Å². The minimum Gasteiger partial charge on any atom is -0.480 e. The molecular weight excluding hydrogens is 678 g/mol. The Morgan fingerprint density at radius 3 is 2.29 bits per heavy atom. The molecule has 4 aliphatic heterocycles. The van der Waals surface area contributed by atoms with E-state index in [1.165, 1.54) is 0 Å². The summed E-state index contributed by atoms with van der Waals surface area (Å²) in [5.41, 5.74) is 3.99. The van der Waals surface area contributed by atoms with E-state index in [1.807, 2.05) is 58.0 Å². The Bertz CT molecular complexity index is 1500. The summed E-state index contributed by atoms with van der Waals surface area (Å²) in [5, 5.41) is 15.2. The number of carboxylic acids is 1. The fourth-order valence-electron chi connectivity index (χ4n) is 7.57. The number of nitrogens with one attached hydrogen (secondary N) is 2. The molecule has 3 saturated heterocycles. The summed E-state index contributed by atoms with van der Waals surface area (Å²) in [5.74, 6) is -0.860. The zero-order valence-electron chi connectivity index (χ0n) is 27.6. The summed E-state index contributed by atoms with van der Waals surface area (Å²) in [6.07, 6.45) is 3.59. The third-order valence-electron chi connectivity index (χ3n) is 10.4. The first kappa shape index (κ1) is 34.2. The molecule has 0 radical (unpaired) electrons. The molecule has 13 heteroatoms. The predicted octanol–water partition coefficient (Wildman–Crippen LogP) is 3.58. The van der Waals surface area contributed by atoms with Crippen molar-refractivity contribution in [2.75, 3.05) is 64.2 Å². The summed E-state index contributed by atoms with van der Waals surface area (Å²) in [4.78, 5) is 61.6. The number of halogens is 1. The molecule has 1 unspecified atom stereocenters. The Morgan fingerprint density at radius 1 is 0.917 bits per heavy atom. The maximum absolute atomic E-state index is 14.0. The molecule has 0 aliphatic carbocycles. The normalized spacial score (nSPS) is 20.6. The quantitative estimate of drug-likeness (QED) is 0.380. The standard InChI is InChI=1S/C35H46BrN7O5/c1-24-20-25(6-7-29(24)36)21-31(33(46)41-18-16-40(17-19-41)27-8-12-39(13-9-27)23-32(44)45)38-34(47)42-14-10-28(11-15-42)43-22-26-4-2-3-5-30(26)37-35(43)48/h2-7,20,27-28,31H,8-19,21-23H2,1H3,(H,37,48)(H,38,47)(H,44,45). The van der Waals surface area contributed by atoms with E-state index in [9.17, 15) is 19.2 Å². The molecule has 0 aromatic heterocycles. The first-order chi connectivity index (χ1) is 23.1. The number of aryl methyl sites for hydroxylation is 1. The lowest BCUT2D eigenvalue weighted by molar-refractivity contribution is -0.138. The highest BCUT2D eigenvalue weighted by Crippen LogP contribution is 2.28. The van der Waals surface area contributed by atoms with Gasteiger partial charge in [0.25, 0.3) is 0 Å². The van der Waals surface area contributed by atoms with Crippen molar-refractivity contribution in [3.8, 4) is 0 Å². The molecule has 258 valence electrons. The fraction of sp³-hybridized carbons (Fsp3) is 0.543. The van der Waals surface area contributed by atoms with Gasteiger partial charge in [-0.25, -0.2) is 9.59 Å². The number of nitrogens with zero attached hydrogens (tertiary/aromatic N) is 5. The van der Waals surface area contributed by atoms with Gasteiger partial charge in [-0.1, -0.05) is 46.3 Å². The van der Waals surface area contributed by atoms with E-state index >= 15 is 0 Å². The number of carboxylic acid groups (broad SMARTS) is 1. The van der Waals surface area contributed by atoms with Gasteiger partial charge < -0.3 is 30.4 Å². The second-order valence-corrected chi connectivity index (χ2v) is 14.3. The van der Waals surface area contributed by atoms with Gasteiger partial charge in [-0.3, -0.25) is 19.4 Å². The number of hydrogen-bond donors (Lipinski definition) is 3. The predicted molar refractivity (Wildman–Crippen MR) is 186 cm³/mol. The minimum absolute atomic E-state index is 0.0336. The lowest BCUT2D eigenvalue weighted by atomic mass is 10.0. The van der Waals surface area contributed by atoms with E-state index in [2.05, 4.69) is 37.5 Å². The molecule has 6 rings (SSSR count). The van der Waals surface area contributed by atoms with Gasteiger partial charge in [-0.05, 0) is 61.4 Å². The summed E-state index contributed by atoms with van der Waals surface area (Å²) < 4.78 is 0.997. The van der Waals surface area contributed by atoms with Crippen LogP contribution in [-0.2, 0) is 22.6 Å². The van der Waals surface area contributed by atoms with Crippen molar-refractivity contribution in [1.29, 1.82) is 0 Å². The molecule has 3 N–H and O–H groups in total. The van der Waals surface area contributed by atoms with Crippen LogP contribution in [0.3, 0.4) is 0 Å². The van der Waals surface area contributed by atoms with Gasteiger partial charge in [0.05, 0.1) is 6.54 Å².